The first kappa shape index (κ1) is 46.9. The molecule has 2 aromatic carbocycles. The molecule has 2 aliphatic rings. The third-order valence-corrected chi connectivity index (χ3v) is 9.32. The third-order valence-electron chi connectivity index (χ3n) is 7.99. The van der Waals surface area contributed by atoms with Gasteiger partial charge in [0, 0.05) is 41.5 Å². The maximum absolute atomic E-state index is 14.8. The van der Waals surface area contributed by atoms with Gasteiger partial charge < -0.3 is 62.1 Å². The van der Waals surface area contributed by atoms with Crippen LogP contribution >= 0.6 is 7.82 Å². The Morgan fingerprint density at radius 1 is 0.517 bits per heavy atom. The summed E-state index contributed by atoms with van der Waals surface area (Å²) in [5.41, 5.74) is 5.32. The number of rotatable bonds is 17. The summed E-state index contributed by atoms with van der Waals surface area (Å²) in [7, 11) is -5.01. The molecule has 4 rings (SSSR count). The molecule has 10 atom stereocenters. The number of nitrogens with two attached hydrogens (primary N) is 1. The number of primary amides is 1. The van der Waals surface area contributed by atoms with Gasteiger partial charge in [-0.3, -0.25) is 28.8 Å². The minimum absolute atomic E-state index is 0.0283. The van der Waals surface area contributed by atoms with E-state index in [-0.39, 0.29) is 11.5 Å². The Hall–Kier alpha value is -5.80. The van der Waals surface area contributed by atoms with Gasteiger partial charge in [0.15, 0.2) is 42.9 Å². The highest BCUT2D eigenvalue weighted by atomic mass is 31.2. The van der Waals surface area contributed by atoms with Crippen LogP contribution in [0, 0.1) is 0 Å². The van der Waals surface area contributed by atoms with E-state index >= 15 is 0 Å². The molecule has 23 heteroatoms. The van der Waals surface area contributed by atoms with Gasteiger partial charge >= 0.3 is 49.7 Å². The molecule has 0 saturated carbocycles. The van der Waals surface area contributed by atoms with E-state index in [1.165, 1.54) is 24.3 Å². The lowest BCUT2D eigenvalue weighted by Gasteiger charge is -2.48. The van der Waals surface area contributed by atoms with Gasteiger partial charge in [-0.2, -0.15) is 0 Å². The average Bonchev–Trinajstić information content (AvgIpc) is 3.14. The van der Waals surface area contributed by atoms with Crippen molar-refractivity contribution in [2.45, 2.75) is 103 Å². The highest BCUT2D eigenvalue weighted by Gasteiger charge is 2.59. The molecule has 60 heavy (non-hydrogen) atoms. The topological polar surface area (TPSA) is 283 Å². The summed E-state index contributed by atoms with van der Waals surface area (Å²) in [4.78, 5) is 86.4. The van der Waals surface area contributed by atoms with Crippen LogP contribution in [0.1, 0.15) is 41.5 Å². The lowest BCUT2D eigenvalue weighted by Crippen LogP contribution is -2.67. The first-order valence-electron chi connectivity index (χ1n) is 18.0. The van der Waals surface area contributed by atoms with Crippen LogP contribution in [-0.4, -0.2) is 117 Å². The second kappa shape index (κ2) is 21.5. The second-order valence-corrected chi connectivity index (χ2v) is 14.3. The lowest BCUT2D eigenvalue weighted by molar-refractivity contribution is -0.359. The predicted octanol–water partition coefficient (Wildman–Crippen LogP) is 2.42. The van der Waals surface area contributed by atoms with Crippen LogP contribution in [0.3, 0.4) is 0 Å². The molecule has 2 saturated heterocycles. The van der Waals surface area contributed by atoms with Gasteiger partial charge in [-0.25, -0.2) is 13.9 Å². The molecular weight excluding hydrogens is 825 g/mol. The van der Waals surface area contributed by atoms with E-state index < -0.39 is 124 Å². The highest BCUT2D eigenvalue weighted by Crippen LogP contribution is 2.52. The second-order valence-electron chi connectivity index (χ2n) is 12.9. The SMILES string of the molecule is CC(=O)OC[C@@H]1O[C@H](OP(=O)(Oc2ccccc2)Oc2ccccc2)[C@@H](O[C@H]2O[C@H](COC(C)=O)[C@@H](OC(N)=O)[C@H](OC(C)=O)[C@@H]2OC(C)=O)[C@@H](OC(C)=O)[C@@H]1OC(C)=O. The summed E-state index contributed by atoms with van der Waals surface area (Å²) < 4.78 is 88.5. The van der Waals surface area contributed by atoms with Crippen molar-refractivity contribution in [2.75, 3.05) is 13.2 Å². The molecule has 2 N–H and O–H groups in total. The summed E-state index contributed by atoms with van der Waals surface area (Å²) in [6.45, 7) is 4.64. The van der Waals surface area contributed by atoms with Crippen LogP contribution < -0.4 is 14.8 Å². The maximum atomic E-state index is 14.8. The third kappa shape index (κ3) is 13.9. The van der Waals surface area contributed by atoms with E-state index in [9.17, 15) is 38.1 Å². The minimum Gasteiger partial charge on any atom is -0.463 e. The quantitative estimate of drug-likeness (QED) is 0.136. The number of benzene rings is 2. The van der Waals surface area contributed by atoms with Crippen molar-refractivity contribution in [3.8, 4) is 11.5 Å². The van der Waals surface area contributed by atoms with Crippen LogP contribution in [0.2, 0.25) is 0 Å². The van der Waals surface area contributed by atoms with Crippen molar-refractivity contribution in [3.05, 3.63) is 60.7 Å². The number of phosphoric acid groups is 1. The zero-order chi connectivity index (χ0) is 44.1. The molecular formula is C37H44NO21P. The van der Waals surface area contributed by atoms with Gasteiger partial charge in [0.2, 0.25) is 6.29 Å². The lowest BCUT2D eigenvalue weighted by atomic mass is 9.96. The Morgan fingerprint density at radius 2 is 0.900 bits per heavy atom. The van der Waals surface area contributed by atoms with Gasteiger partial charge in [0.1, 0.15) is 36.9 Å². The zero-order valence-electron chi connectivity index (χ0n) is 33.1. The molecule has 0 radical (unpaired) electrons. The Balaban J connectivity index is 1.92. The van der Waals surface area contributed by atoms with Crippen molar-refractivity contribution in [1.29, 1.82) is 0 Å². The molecule has 2 heterocycles. The van der Waals surface area contributed by atoms with Crippen molar-refractivity contribution in [1.82, 2.24) is 0 Å². The largest absolute Gasteiger partial charge is 0.590 e. The van der Waals surface area contributed by atoms with Gasteiger partial charge in [-0.05, 0) is 24.3 Å². The van der Waals surface area contributed by atoms with Crippen molar-refractivity contribution < 1.29 is 99.1 Å². The van der Waals surface area contributed by atoms with E-state index in [0.717, 1.165) is 41.5 Å². The van der Waals surface area contributed by atoms with Crippen molar-refractivity contribution in [3.63, 3.8) is 0 Å². The molecule has 2 aliphatic heterocycles. The Kier molecular flexibility index (Phi) is 16.8. The zero-order valence-corrected chi connectivity index (χ0v) is 34.0. The Bertz CT molecular complexity index is 1830. The van der Waals surface area contributed by atoms with Gasteiger partial charge in [0.25, 0.3) is 0 Å². The molecule has 0 unspecified atom stereocenters. The Morgan fingerprint density at radius 3 is 1.32 bits per heavy atom. The van der Waals surface area contributed by atoms with Crippen LogP contribution in [0.5, 0.6) is 11.5 Å². The highest BCUT2D eigenvalue weighted by molar-refractivity contribution is 7.49. The number of phosphoric ester groups is 1. The molecule has 2 fully saturated rings. The molecule has 2 aromatic rings. The van der Waals surface area contributed by atoms with E-state index in [4.69, 9.17) is 66.7 Å². The molecule has 328 valence electrons. The van der Waals surface area contributed by atoms with Crippen molar-refractivity contribution in [2.24, 2.45) is 5.73 Å². The Labute approximate surface area is 342 Å². The first-order chi connectivity index (χ1) is 28.3. The van der Waals surface area contributed by atoms with E-state index in [0.29, 0.717) is 0 Å². The fourth-order valence-electron chi connectivity index (χ4n) is 5.91. The normalized spacial score (nSPS) is 26.2. The number of carbonyl (C=O) groups excluding carboxylic acids is 7. The average molecular weight is 870 g/mol. The van der Waals surface area contributed by atoms with Crippen LogP contribution in [0.4, 0.5) is 4.79 Å². The number of hydrogen-bond donors (Lipinski definition) is 1. The monoisotopic (exact) mass is 869 g/mol. The number of amides is 1. The number of ether oxygens (including phenoxy) is 10. The van der Waals surface area contributed by atoms with E-state index in [2.05, 4.69) is 0 Å². The minimum atomic E-state index is -5.01. The molecule has 0 aliphatic carbocycles. The van der Waals surface area contributed by atoms with E-state index in [1.807, 2.05) is 0 Å². The summed E-state index contributed by atoms with van der Waals surface area (Å²) in [6.07, 6.45) is -19.8. The number of esters is 6. The van der Waals surface area contributed by atoms with Crippen molar-refractivity contribution >= 4 is 49.7 Å². The summed E-state index contributed by atoms with van der Waals surface area (Å²) in [5.74, 6) is -5.68. The number of hydrogen-bond acceptors (Lipinski definition) is 21. The summed E-state index contributed by atoms with van der Waals surface area (Å²) in [6, 6.07) is 15.2. The molecule has 1 amide bonds. The fourth-order valence-corrected chi connectivity index (χ4v) is 7.21. The molecule has 0 bridgehead atoms. The fraction of sp³-hybridized carbons (Fsp3) is 0.486. The van der Waals surface area contributed by atoms with Crippen LogP contribution in [-0.2, 0) is 85.2 Å². The van der Waals surface area contributed by atoms with Gasteiger partial charge in [-0.1, -0.05) is 36.4 Å². The molecule has 22 nitrogen and oxygen atoms in total. The number of carbonyl (C=O) groups is 7. The van der Waals surface area contributed by atoms with E-state index in [1.54, 1.807) is 36.4 Å². The molecule has 0 spiro atoms. The predicted molar refractivity (Wildman–Crippen MR) is 195 cm³/mol. The van der Waals surface area contributed by atoms with Gasteiger partial charge in [0.05, 0.1) is 0 Å². The smallest absolute Gasteiger partial charge is 0.463 e. The standard InChI is InChI=1S/C37H44NO21P/c1-19(39)47-17-27-29(49-21(3)41)31(50-22(4)42)34(36(54-27)59-60(46,57-25-13-9-7-10-14-25)58-26-15-11-8-12-16-26)55-35-33(52-24(6)44)32(51-23(5)43)30(56-37(38)45)28(53-35)18-48-20(2)40/h7-16,27-36H,17-18H2,1-6H3,(H2,38,45)/t27-,28+,29+,30+,31-,32-,33-,34-,35+,36+/m0/s1. The summed E-state index contributed by atoms with van der Waals surface area (Å²) in [5, 5.41) is 0. The van der Waals surface area contributed by atoms with Gasteiger partial charge in [-0.15, -0.1) is 0 Å². The van der Waals surface area contributed by atoms with Crippen LogP contribution in [0.25, 0.3) is 0 Å². The molecule has 0 aromatic heterocycles. The first-order valence-corrected chi connectivity index (χ1v) is 19.5. The maximum Gasteiger partial charge on any atom is 0.590 e. The number of para-hydroxylation sites is 2. The summed E-state index contributed by atoms with van der Waals surface area (Å²) >= 11 is 0. The van der Waals surface area contributed by atoms with Crippen LogP contribution in [0.15, 0.2) is 60.7 Å².